The van der Waals surface area contributed by atoms with Crippen molar-refractivity contribution >= 4 is 17.4 Å². The number of piperidine rings is 1. The minimum Gasteiger partial charge on any atom is -0.396 e. The number of aliphatic hydroxyl groups is 1. The van der Waals surface area contributed by atoms with Gasteiger partial charge in [-0.25, -0.2) is 0 Å². The number of carbonyl (C=O) groups excluding carboxylic acids is 1. The Morgan fingerprint density at radius 3 is 2.49 bits per heavy atom. The highest BCUT2D eigenvalue weighted by atomic mass is 19.4. The summed E-state index contributed by atoms with van der Waals surface area (Å²) in [5, 5.41) is 26.6. The number of nitrogens with two attached hydrogens (primary N) is 1. The molecule has 186 valence electrons. The van der Waals surface area contributed by atoms with Gasteiger partial charge in [-0.3, -0.25) is 14.4 Å². The summed E-state index contributed by atoms with van der Waals surface area (Å²) in [7, 11) is 0. The maximum absolute atomic E-state index is 12.8. The number of nitrogens with zero attached hydrogens (tertiary/aromatic N) is 4. The van der Waals surface area contributed by atoms with Gasteiger partial charge in [0.25, 0.3) is 5.91 Å². The van der Waals surface area contributed by atoms with Gasteiger partial charge in [-0.1, -0.05) is 0 Å². The molecule has 3 aliphatic rings. The van der Waals surface area contributed by atoms with Crippen LogP contribution >= 0.6 is 0 Å². The third-order valence-electron chi connectivity index (χ3n) is 7.89. The Hall–Kier alpha value is -3.10. The number of nitriles is 1. The average Bonchev–Trinajstić information content (AvgIpc) is 3.13. The topological polar surface area (TPSA) is 120 Å². The smallest absolute Gasteiger partial charge is 0.396 e. The molecule has 0 bridgehead atoms. The molecule has 5 rings (SSSR count). The highest BCUT2D eigenvalue weighted by Crippen LogP contribution is 2.53. The standard InChI is InChI=1S/C24H27F3N6O2/c25-24(26,27)14-1-3-15(4-2-14)30-23-19(22(29)35)11-33(31-23)21-6-5-16(7-13(21)8-28)32-9-17-18(10-32)20(17)12-34/h1-4,11,13,16-18,20-21,34H,5-7,9-10,12H2,(H2,29,35)(H,30,31)/t13-,16-,17-,18+,20?,21+/m1/s1. The van der Waals surface area contributed by atoms with Crippen molar-refractivity contribution in [3.05, 3.63) is 41.6 Å². The Morgan fingerprint density at radius 1 is 1.23 bits per heavy atom. The molecule has 8 nitrogen and oxygen atoms in total. The zero-order valence-electron chi connectivity index (χ0n) is 18.9. The Kier molecular flexibility index (Phi) is 5.97. The molecule has 1 aliphatic heterocycles. The Morgan fingerprint density at radius 2 is 1.91 bits per heavy atom. The summed E-state index contributed by atoms with van der Waals surface area (Å²) in [6.45, 7) is 2.19. The Labute approximate surface area is 200 Å². The Balaban J connectivity index is 1.30. The van der Waals surface area contributed by atoms with Gasteiger partial charge < -0.3 is 16.2 Å². The molecule has 1 aromatic heterocycles. The first-order valence-electron chi connectivity index (χ1n) is 11.8. The molecule has 35 heavy (non-hydrogen) atoms. The van der Waals surface area contributed by atoms with Crippen LogP contribution in [-0.2, 0) is 6.18 Å². The summed E-state index contributed by atoms with van der Waals surface area (Å²) in [6.07, 6.45) is -0.643. The molecule has 3 fully saturated rings. The summed E-state index contributed by atoms with van der Waals surface area (Å²) >= 11 is 0. The second-order valence-corrected chi connectivity index (χ2v) is 9.83. The van der Waals surface area contributed by atoms with Crippen molar-refractivity contribution in [3.63, 3.8) is 0 Å². The fourth-order valence-corrected chi connectivity index (χ4v) is 5.88. The van der Waals surface area contributed by atoms with Gasteiger partial charge in [0.05, 0.1) is 23.6 Å². The Bertz CT molecular complexity index is 1130. The first-order valence-corrected chi connectivity index (χ1v) is 11.8. The maximum atomic E-state index is 12.8. The van der Waals surface area contributed by atoms with Gasteiger partial charge >= 0.3 is 6.18 Å². The molecule has 11 heteroatoms. The highest BCUT2D eigenvalue weighted by molar-refractivity contribution is 5.98. The first kappa shape index (κ1) is 23.6. The van der Waals surface area contributed by atoms with E-state index in [1.54, 1.807) is 4.68 Å². The molecule has 0 spiro atoms. The number of alkyl halides is 3. The molecule has 2 aromatic rings. The molecule has 1 unspecified atom stereocenters. The predicted molar refractivity (Wildman–Crippen MR) is 120 cm³/mol. The van der Waals surface area contributed by atoms with E-state index in [0.29, 0.717) is 42.3 Å². The molecule has 2 saturated carbocycles. The lowest BCUT2D eigenvalue weighted by atomic mass is 9.81. The van der Waals surface area contributed by atoms with Gasteiger partial charge in [0.15, 0.2) is 5.82 Å². The second-order valence-electron chi connectivity index (χ2n) is 9.83. The number of hydrogen-bond acceptors (Lipinski definition) is 6. The van der Waals surface area contributed by atoms with Crippen molar-refractivity contribution in [3.8, 4) is 6.07 Å². The lowest BCUT2D eigenvalue weighted by Crippen LogP contribution is -2.42. The third-order valence-corrected chi connectivity index (χ3v) is 7.89. The first-order chi connectivity index (χ1) is 16.7. The SMILES string of the molecule is N#C[C@H]1C[C@H](N2C[C@@H]3C(CO)[C@@H]3C2)CC[C@@H]1n1cc(C(N)=O)c(Nc2ccc(C(F)(F)F)cc2)n1. The minimum atomic E-state index is -4.44. The molecular weight excluding hydrogens is 461 g/mol. The molecule has 0 radical (unpaired) electrons. The van der Waals surface area contributed by atoms with Crippen LogP contribution in [0.4, 0.5) is 24.7 Å². The summed E-state index contributed by atoms with van der Waals surface area (Å²) in [6, 6.07) is 6.89. The minimum absolute atomic E-state index is 0.110. The normalized spacial score (nSPS) is 30.5. The average molecular weight is 489 g/mol. The van der Waals surface area contributed by atoms with Crippen LogP contribution in [0.2, 0.25) is 0 Å². The van der Waals surface area contributed by atoms with Crippen LogP contribution in [0.1, 0.15) is 41.2 Å². The van der Waals surface area contributed by atoms with E-state index in [2.05, 4.69) is 21.4 Å². The van der Waals surface area contributed by atoms with Crippen molar-refractivity contribution in [2.45, 2.75) is 37.5 Å². The quantitative estimate of drug-likeness (QED) is 0.575. The number of primary amides is 1. The molecule has 4 N–H and O–H groups in total. The number of halogens is 3. The van der Waals surface area contributed by atoms with Crippen molar-refractivity contribution in [2.75, 3.05) is 25.0 Å². The number of amides is 1. The number of rotatable bonds is 6. The van der Waals surface area contributed by atoms with Gasteiger partial charge in [0, 0.05) is 37.6 Å². The van der Waals surface area contributed by atoms with Crippen molar-refractivity contribution in [1.29, 1.82) is 5.26 Å². The zero-order chi connectivity index (χ0) is 24.9. The number of benzene rings is 1. The fourth-order valence-electron chi connectivity index (χ4n) is 5.88. The molecule has 2 heterocycles. The highest BCUT2D eigenvalue weighted by Gasteiger charge is 2.56. The van der Waals surface area contributed by atoms with Gasteiger partial charge in [0.2, 0.25) is 0 Å². The van der Waals surface area contributed by atoms with E-state index >= 15 is 0 Å². The van der Waals surface area contributed by atoms with E-state index in [4.69, 9.17) is 5.73 Å². The van der Waals surface area contributed by atoms with Crippen LogP contribution in [0.3, 0.4) is 0 Å². The lowest BCUT2D eigenvalue weighted by molar-refractivity contribution is -0.137. The fraction of sp³-hybridized carbons (Fsp3) is 0.542. The summed E-state index contributed by atoms with van der Waals surface area (Å²) < 4.78 is 40.1. The van der Waals surface area contributed by atoms with Crippen molar-refractivity contribution in [1.82, 2.24) is 14.7 Å². The largest absolute Gasteiger partial charge is 0.416 e. The van der Waals surface area contributed by atoms with E-state index in [1.165, 1.54) is 18.3 Å². The lowest BCUT2D eigenvalue weighted by Gasteiger charge is -2.38. The van der Waals surface area contributed by atoms with E-state index in [1.807, 2.05) is 0 Å². The number of aliphatic hydroxyl groups excluding tert-OH is 1. The number of nitrogens with one attached hydrogen (secondary N) is 1. The van der Waals surface area contributed by atoms with Crippen LogP contribution in [0.25, 0.3) is 0 Å². The molecule has 1 saturated heterocycles. The number of anilines is 2. The number of carbonyl (C=O) groups is 1. The monoisotopic (exact) mass is 488 g/mol. The molecule has 6 atom stereocenters. The van der Waals surface area contributed by atoms with Gasteiger partial charge in [-0.2, -0.15) is 23.5 Å². The van der Waals surface area contributed by atoms with Crippen LogP contribution in [-0.4, -0.2) is 51.4 Å². The number of hydrogen-bond donors (Lipinski definition) is 3. The zero-order valence-corrected chi connectivity index (χ0v) is 18.9. The van der Waals surface area contributed by atoms with Crippen LogP contribution < -0.4 is 11.1 Å². The van der Waals surface area contributed by atoms with E-state index in [9.17, 15) is 28.3 Å². The van der Waals surface area contributed by atoms with Crippen molar-refractivity contribution < 1.29 is 23.1 Å². The number of aromatic nitrogens is 2. The van der Waals surface area contributed by atoms with Gasteiger partial charge in [0.1, 0.15) is 5.56 Å². The van der Waals surface area contributed by atoms with E-state index in [-0.39, 0.29) is 29.9 Å². The predicted octanol–water partition coefficient (Wildman–Crippen LogP) is 3.15. The van der Waals surface area contributed by atoms with Crippen LogP contribution in [0, 0.1) is 35.0 Å². The third kappa shape index (κ3) is 4.48. The van der Waals surface area contributed by atoms with E-state index in [0.717, 1.165) is 31.6 Å². The van der Waals surface area contributed by atoms with Crippen LogP contribution in [0.15, 0.2) is 30.5 Å². The van der Waals surface area contributed by atoms with Crippen LogP contribution in [0.5, 0.6) is 0 Å². The molecule has 1 aromatic carbocycles. The van der Waals surface area contributed by atoms with Gasteiger partial charge in [-0.05, 0) is 61.3 Å². The number of fused-ring (bicyclic) bond motifs is 1. The summed E-state index contributed by atoms with van der Waals surface area (Å²) in [4.78, 5) is 14.5. The summed E-state index contributed by atoms with van der Waals surface area (Å²) in [5.41, 5.74) is 5.20. The second kappa shape index (κ2) is 8.84. The maximum Gasteiger partial charge on any atom is 0.416 e. The molecule has 2 aliphatic carbocycles. The molecule has 1 amide bonds. The number of likely N-dealkylation sites (tertiary alicyclic amines) is 1. The van der Waals surface area contributed by atoms with Crippen molar-refractivity contribution in [2.24, 2.45) is 29.4 Å². The molecular formula is C24H27F3N6O2. The van der Waals surface area contributed by atoms with E-state index < -0.39 is 17.6 Å². The van der Waals surface area contributed by atoms with Gasteiger partial charge in [-0.15, -0.1) is 0 Å². The summed E-state index contributed by atoms with van der Waals surface area (Å²) in [5.74, 6) is 0.691.